The maximum Gasteiger partial charge on any atom is 0.338 e. The summed E-state index contributed by atoms with van der Waals surface area (Å²) in [5.74, 6) is -0.217. The highest BCUT2D eigenvalue weighted by molar-refractivity contribution is 5.83. The maximum atomic E-state index is 12.3. The number of carbonyl (C=O) groups is 1. The minimum absolute atomic E-state index is 0.118. The van der Waals surface area contributed by atoms with Crippen LogP contribution in [-0.2, 0) is 11.2 Å². The van der Waals surface area contributed by atoms with E-state index in [9.17, 15) is 4.79 Å². The first-order valence-electron chi connectivity index (χ1n) is 13.0. The Morgan fingerprint density at radius 2 is 1.45 bits per heavy atom. The average Bonchev–Trinajstić information content (AvgIpc) is 2.84. The summed E-state index contributed by atoms with van der Waals surface area (Å²) in [7, 11) is 0. The zero-order chi connectivity index (χ0) is 23.6. The minimum Gasteiger partial charge on any atom is -0.388 e. The lowest BCUT2D eigenvalue weighted by Crippen LogP contribution is -2.08. The zero-order valence-corrected chi connectivity index (χ0v) is 20.7. The monoisotopic (exact) mass is 450 g/mol. The van der Waals surface area contributed by atoms with E-state index in [2.05, 4.69) is 35.9 Å². The molecule has 0 aliphatic carbocycles. The molecule has 0 bridgehead atoms. The van der Waals surface area contributed by atoms with Gasteiger partial charge in [0.15, 0.2) is 0 Å². The van der Waals surface area contributed by atoms with Gasteiger partial charge in [0, 0.05) is 24.4 Å². The maximum absolute atomic E-state index is 12.3. The molecule has 2 aromatic rings. The molecule has 0 saturated carbocycles. The van der Waals surface area contributed by atoms with Crippen molar-refractivity contribution in [3.8, 4) is 6.01 Å². The molecule has 0 aliphatic heterocycles. The summed E-state index contributed by atoms with van der Waals surface area (Å²) in [6.45, 7) is 4.46. The predicted octanol–water partition coefficient (Wildman–Crippen LogP) is 7.99. The highest BCUT2D eigenvalue weighted by Gasteiger charge is 2.10. The largest absolute Gasteiger partial charge is 0.388 e. The number of hydrogen-bond acceptors (Lipinski definition) is 4. The number of hydrogen-bond donors (Lipinski definition) is 0. The van der Waals surface area contributed by atoms with Crippen LogP contribution in [0.25, 0.3) is 0 Å². The molecule has 180 valence electrons. The Kier molecular flexibility index (Phi) is 13.8. The molecule has 1 aromatic heterocycles. The smallest absolute Gasteiger partial charge is 0.338 e. The summed E-state index contributed by atoms with van der Waals surface area (Å²) in [4.78, 5) is 20.8. The van der Waals surface area contributed by atoms with Crippen LogP contribution < -0.4 is 4.74 Å². The lowest BCUT2D eigenvalue weighted by Gasteiger charge is -2.13. The number of unbranched alkanes of at least 4 members (excludes halogenated alkanes) is 9. The highest BCUT2D eigenvalue weighted by Crippen LogP contribution is 2.24. The van der Waals surface area contributed by atoms with Crippen molar-refractivity contribution in [2.45, 2.75) is 103 Å². The van der Waals surface area contributed by atoms with Crippen molar-refractivity contribution >= 4 is 5.97 Å². The number of allylic oxidation sites excluding steroid dienone is 1. The van der Waals surface area contributed by atoms with Crippen LogP contribution in [0.2, 0.25) is 0 Å². The standard InChI is InChI=1S/C29H42N2O2/c1-3-5-7-9-10-11-13-17-25-23-30-29(31-24-25)33-28(32)22-21-27(20-14-8-6-4-2)26-18-15-12-16-19-26/h12,15-16,18-19,21-24,27H,3-11,13-14,17,20H2,1-2H3/b22-21+. The van der Waals surface area contributed by atoms with E-state index in [1.54, 1.807) is 12.4 Å². The van der Waals surface area contributed by atoms with Crippen LogP contribution in [-0.4, -0.2) is 15.9 Å². The van der Waals surface area contributed by atoms with Gasteiger partial charge in [0.25, 0.3) is 0 Å². The first kappa shape index (κ1) is 26.8. The quantitative estimate of drug-likeness (QED) is 0.139. The van der Waals surface area contributed by atoms with Gasteiger partial charge in [-0.05, 0) is 30.4 Å². The number of aromatic nitrogens is 2. The number of ether oxygens (including phenoxy) is 1. The second-order valence-electron chi connectivity index (χ2n) is 8.89. The van der Waals surface area contributed by atoms with Crippen molar-refractivity contribution in [3.05, 3.63) is 66.0 Å². The third-order valence-electron chi connectivity index (χ3n) is 6.00. The number of aryl methyl sites for hydroxylation is 1. The van der Waals surface area contributed by atoms with Gasteiger partial charge in [0.05, 0.1) is 0 Å². The van der Waals surface area contributed by atoms with Crippen LogP contribution in [0.3, 0.4) is 0 Å². The fraction of sp³-hybridized carbons (Fsp3) is 0.552. The van der Waals surface area contributed by atoms with Crippen molar-refractivity contribution in [1.82, 2.24) is 9.97 Å². The molecular weight excluding hydrogens is 408 g/mol. The highest BCUT2D eigenvalue weighted by atomic mass is 16.5. The van der Waals surface area contributed by atoms with Crippen LogP contribution in [0, 0.1) is 0 Å². The van der Waals surface area contributed by atoms with E-state index in [1.165, 1.54) is 69.4 Å². The van der Waals surface area contributed by atoms with E-state index in [0.717, 1.165) is 31.2 Å². The molecule has 0 spiro atoms. The van der Waals surface area contributed by atoms with E-state index in [0.29, 0.717) is 0 Å². The number of esters is 1. The SMILES string of the molecule is CCCCCCCCCc1cnc(OC(=O)/C=C/C(CCCCCC)c2ccccc2)nc1. The lowest BCUT2D eigenvalue weighted by atomic mass is 9.92. The predicted molar refractivity (Wildman–Crippen MR) is 136 cm³/mol. The summed E-state index contributed by atoms with van der Waals surface area (Å²) >= 11 is 0. The Bertz CT molecular complexity index is 787. The zero-order valence-electron chi connectivity index (χ0n) is 20.7. The molecule has 0 aliphatic rings. The molecule has 4 nitrogen and oxygen atoms in total. The van der Waals surface area contributed by atoms with Gasteiger partial charge >= 0.3 is 12.0 Å². The van der Waals surface area contributed by atoms with Crippen LogP contribution in [0.4, 0.5) is 0 Å². The number of benzene rings is 1. The van der Waals surface area contributed by atoms with Crippen LogP contribution in [0.5, 0.6) is 6.01 Å². The topological polar surface area (TPSA) is 52.1 Å². The van der Waals surface area contributed by atoms with Crippen molar-refractivity contribution in [3.63, 3.8) is 0 Å². The van der Waals surface area contributed by atoms with Crippen molar-refractivity contribution < 1.29 is 9.53 Å². The van der Waals surface area contributed by atoms with Crippen LogP contribution in [0.1, 0.15) is 108 Å². The second-order valence-corrected chi connectivity index (χ2v) is 8.89. The summed E-state index contributed by atoms with van der Waals surface area (Å²) in [6.07, 6.45) is 22.9. The van der Waals surface area contributed by atoms with Crippen molar-refractivity contribution in [1.29, 1.82) is 0 Å². The van der Waals surface area contributed by atoms with Crippen LogP contribution in [0.15, 0.2) is 54.9 Å². The normalized spacial score (nSPS) is 12.2. The van der Waals surface area contributed by atoms with Gasteiger partial charge in [-0.2, -0.15) is 0 Å². The number of nitrogens with zero attached hydrogens (tertiary/aromatic N) is 2. The van der Waals surface area contributed by atoms with E-state index in [-0.39, 0.29) is 11.9 Å². The minimum atomic E-state index is -0.427. The van der Waals surface area contributed by atoms with Crippen LogP contribution >= 0.6 is 0 Å². The summed E-state index contributed by atoms with van der Waals surface area (Å²) in [5.41, 5.74) is 2.32. The molecule has 0 fully saturated rings. The Hall–Kier alpha value is -2.49. The molecule has 0 radical (unpaired) electrons. The van der Waals surface area contributed by atoms with Gasteiger partial charge in [0.1, 0.15) is 0 Å². The Morgan fingerprint density at radius 1 is 0.848 bits per heavy atom. The first-order chi connectivity index (χ1) is 16.2. The molecule has 0 N–H and O–H groups in total. The van der Waals surface area contributed by atoms with Gasteiger partial charge in [-0.25, -0.2) is 14.8 Å². The fourth-order valence-corrected chi connectivity index (χ4v) is 3.99. The lowest BCUT2D eigenvalue weighted by molar-refractivity contribution is -0.129. The van der Waals surface area contributed by atoms with Gasteiger partial charge in [-0.1, -0.05) is 114 Å². The molecule has 33 heavy (non-hydrogen) atoms. The van der Waals surface area contributed by atoms with Crippen molar-refractivity contribution in [2.24, 2.45) is 0 Å². The van der Waals surface area contributed by atoms with Gasteiger partial charge in [0.2, 0.25) is 0 Å². The van der Waals surface area contributed by atoms with Gasteiger partial charge in [-0.15, -0.1) is 0 Å². The third-order valence-corrected chi connectivity index (χ3v) is 6.00. The summed E-state index contributed by atoms with van der Waals surface area (Å²) in [6, 6.07) is 10.5. The van der Waals surface area contributed by atoms with E-state index >= 15 is 0 Å². The van der Waals surface area contributed by atoms with Gasteiger partial charge < -0.3 is 4.74 Å². The van der Waals surface area contributed by atoms with Crippen molar-refractivity contribution in [2.75, 3.05) is 0 Å². The molecule has 0 saturated heterocycles. The van der Waals surface area contributed by atoms with Gasteiger partial charge in [-0.3, -0.25) is 0 Å². The number of rotatable bonds is 17. The van der Waals surface area contributed by atoms with E-state index in [1.807, 2.05) is 24.3 Å². The first-order valence-corrected chi connectivity index (χ1v) is 13.0. The summed E-state index contributed by atoms with van der Waals surface area (Å²) in [5, 5.41) is 0. The third kappa shape index (κ3) is 11.8. The number of carbonyl (C=O) groups excluding carboxylic acids is 1. The molecule has 4 heteroatoms. The summed E-state index contributed by atoms with van der Waals surface area (Å²) < 4.78 is 5.33. The van der Waals surface area contributed by atoms with E-state index in [4.69, 9.17) is 4.74 Å². The Labute approximate surface area is 200 Å². The van der Waals surface area contributed by atoms with E-state index < -0.39 is 5.97 Å². The average molecular weight is 451 g/mol. The Balaban J connectivity index is 1.78. The molecule has 1 unspecified atom stereocenters. The second kappa shape index (κ2) is 17.0. The fourth-order valence-electron chi connectivity index (χ4n) is 3.99. The Morgan fingerprint density at radius 3 is 2.12 bits per heavy atom. The molecule has 0 amide bonds. The molecular formula is C29H42N2O2. The molecule has 1 atom stereocenters. The molecule has 1 aromatic carbocycles. The molecule has 2 rings (SSSR count). The molecule has 1 heterocycles.